The second-order valence-corrected chi connectivity index (χ2v) is 3.66. The lowest BCUT2D eigenvalue weighted by atomic mass is 10.3. The van der Waals surface area contributed by atoms with Gasteiger partial charge >= 0.3 is 6.01 Å². The summed E-state index contributed by atoms with van der Waals surface area (Å²) in [5.74, 6) is 0.340. The van der Waals surface area contributed by atoms with Crippen LogP contribution in [0.2, 0.25) is 0 Å². The summed E-state index contributed by atoms with van der Waals surface area (Å²) in [6.45, 7) is 0. The zero-order valence-corrected chi connectivity index (χ0v) is 9.55. The van der Waals surface area contributed by atoms with E-state index in [1.165, 1.54) is 6.20 Å². The molecule has 2 rings (SSSR count). The Balaban J connectivity index is 2.27. The van der Waals surface area contributed by atoms with Crippen LogP contribution in [0.5, 0.6) is 11.8 Å². The summed E-state index contributed by atoms with van der Waals surface area (Å²) < 4.78 is 6.08. The van der Waals surface area contributed by atoms with E-state index in [-0.39, 0.29) is 11.7 Å². The van der Waals surface area contributed by atoms with Gasteiger partial charge in [0.15, 0.2) is 11.4 Å². The van der Waals surface area contributed by atoms with E-state index in [4.69, 9.17) is 10.00 Å². The smallest absolute Gasteiger partial charge is 0.322 e. The molecule has 0 aromatic carbocycles. The molecular weight excluding hydrogens is 272 g/mol. The van der Waals surface area contributed by atoms with E-state index in [2.05, 4.69) is 30.9 Å². The molecule has 6 heteroatoms. The summed E-state index contributed by atoms with van der Waals surface area (Å²) in [6.07, 6.45) is 4.64. The Morgan fingerprint density at radius 1 is 1.25 bits per heavy atom. The molecule has 0 radical (unpaired) electrons. The van der Waals surface area contributed by atoms with Crippen molar-refractivity contribution in [3.05, 3.63) is 40.9 Å². The average molecular weight is 277 g/mol. The number of nitrogens with zero attached hydrogens (tertiary/aromatic N) is 4. The van der Waals surface area contributed by atoms with Crippen molar-refractivity contribution in [2.75, 3.05) is 0 Å². The Morgan fingerprint density at radius 2 is 2.00 bits per heavy atom. The van der Waals surface area contributed by atoms with Gasteiger partial charge in [-0.05, 0) is 28.1 Å². The van der Waals surface area contributed by atoms with Crippen LogP contribution in [0.4, 0.5) is 0 Å². The number of halogens is 1. The molecular formula is C10H5BrN4O. The molecule has 0 unspecified atom stereocenters. The van der Waals surface area contributed by atoms with Crippen molar-refractivity contribution >= 4 is 15.9 Å². The number of hydrogen-bond donors (Lipinski definition) is 0. The van der Waals surface area contributed by atoms with Crippen molar-refractivity contribution in [1.29, 1.82) is 5.26 Å². The van der Waals surface area contributed by atoms with Gasteiger partial charge in [0.05, 0.1) is 4.47 Å². The average Bonchev–Trinajstić information content (AvgIpc) is 2.33. The van der Waals surface area contributed by atoms with Crippen LogP contribution in [0.1, 0.15) is 5.69 Å². The lowest BCUT2D eigenvalue weighted by molar-refractivity contribution is 0.438. The first-order valence-electron chi connectivity index (χ1n) is 4.30. The maximum Gasteiger partial charge on any atom is 0.322 e. The number of pyridine rings is 1. The van der Waals surface area contributed by atoms with Crippen LogP contribution >= 0.6 is 15.9 Å². The topological polar surface area (TPSA) is 71.7 Å². The standard InChI is InChI=1S/C10H5BrN4O/c11-7-5-14-10(15-6-7)16-9-2-1-3-13-8(9)4-12/h1-3,5-6H. The molecule has 2 aromatic heterocycles. The van der Waals surface area contributed by atoms with Crippen molar-refractivity contribution in [3.63, 3.8) is 0 Å². The molecule has 0 amide bonds. The molecule has 0 fully saturated rings. The zero-order chi connectivity index (χ0) is 11.4. The zero-order valence-electron chi connectivity index (χ0n) is 7.96. The van der Waals surface area contributed by atoms with Gasteiger partial charge < -0.3 is 4.74 Å². The molecule has 0 saturated heterocycles. The van der Waals surface area contributed by atoms with Crippen LogP contribution in [0.15, 0.2) is 35.2 Å². The first-order valence-corrected chi connectivity index (χ1v) is 5.09. The van der Waals surface area contributed by atoms with Crippen LogP contribution in [0.25, 0.3) is 0 Å². The fraction of sp³-hybridized carbons (Fsp3) is 0. The highest BCUT2D eigenvalue weighted by atomic mass is 79.9. The van der Waals surface area contributed by atoms with Gasteiger partial charge in [-0.2, -0.15) is 5.26 Å². The van der Waals surface area contributed by atoms with E-state index in [1.54, 1.807) is 24.5 Å². The molecule has 16 heavy (non-hydrogen) atoms. The second kappa shape index (κ2) is 4.68. The van der Waals surface area contributed by atoms with Gasteiger partial charge in [0.25, 0.3) is 0 Å². The van der Waals surface area contributed by atoms with Gasteiger partial charge in [-0.3, -0.25) is 0 Å². The third kappa shape index (κ3) is 2.32. The highest BCUT2D eigenvalue weighted by molar-refractivity contribution is 9.10. The molecule has 5 nitrogen and oxygen atoms in total. The van der Waals surface area contributed by atoms with Crippen molar-refractivity contribution in [3.8, 4) is 17.8 Å². The molecule has 0 aliphatic rings. The Hall–Kier alpha value is -2.00. The van der Waals surface area contributed by atoms with Crippen LogP contribution < -0.4 is 4.74 Å². The van der Waals surface area contributed by atoms with E-state index >= 15 is 0 Å². The van der Waals surface area contributed by atoms with Crippen molar-refractivity contribution < 1.29 is 4.74 Å². The summed E-state index contributed by atoms with van der Waals surface area (Å²) in [5.41, 5.74) is 0.203. The fourth-order valence-electron chi connectivity index (χ4n) is 1.01. The quantitative estimate of drug-likeness (QED) is 0.842. The highest BCUT2D eigenvalue weighted by Crippen LogP contribution is 2.20. The second-order valence-electron chi connectivity index (χ2n) is 2.75. The minimum atomic E-state index is 0.174. The van der Waals surface area contributed by atoms with E-state index in [0.717, 1.165) is 4.47 Å². The largest absolute Gasteiger partial charge is 0.421 e. The summed E-state index contributed by atoms with van der Waals surface area (Å²) in [6, 6.07) is 5.41. The normalized spacial score (nSPS) is 9.50. The van der Waals surface area contributed by atoms with Crippen molar-refractivity contribution in [1.82, 2.24) is 15.0 Å². The third-order valence-corrected chi connectivity index (χ3v) is 2.08. The Kier molecular flexibility index (Phi) is 3.08. The van der Waals surface area contributed by atoms with Gasteiger partial charge in [-0.1, -0.05) is 0 Å². The molecule has 2 aromatic rings. The summed E-state index contributed by atoms with van der Waals surface area (Å²) in [5, 5.41) is 8.80. The predicted octanol–water partition coefficient (Wildman–Crippen LogP) is 2.30. The minimum absolute atomic E-state index is 0.174. The molecule has 0 N–H and O–H groups in total. The Morgan fingerprint density at radius 3 is 2.69 bits per heavy atom. The van der Waals surface area contributed by atoms with Crippen LogP contribution in [-0.2, 0) is 0 Å². The highest BCUT2D eigenvalue weighted by Gasteiger charge is 2.06. The van der Waals surface area contributed by atoms with E-state index in [1.807, 2.05) is 6.07 Å². The first kappa shape index (κ1) is 10.5. The van der Waals surface area contributed by atoms with Crippen molar-refractivity contribution in [2.24, 2.45) is 0 Å². The van der Waals surface area contributed by atoms with E-state index in [9.17, 15) is 0 Å². The number of hydrogen-bond acceptors (Lipinski definition) is 5. The van der Waals surface area contributed by atoms with E-state index < -0.39 is 0 Å². The number of aromatic nitrogens is 3. The molecule has 0 spiro atoms. The summed E-state index contributed by atoms with van der Waals surface area (Å²) in [7, 11) is 0. The van der Waals surface area contributed by atoms with Gasteiger partial charge in [0.2, 0.25) is 0 Å². The summed E-state index contributed by atoms with van der Waals surface area (Å²) >= 11 is 3.21. The van der Waals surface area contributed by atoms with Gasteiger partial charge in [-0.25, -0.2) is 15.0 Å². The summed E-state index contributed by atoms with van der Waals surface area (Å²) in [4.78, 5) is 11.7. The maximum atomic E-state index is 8.80. The van der Waals surface area contributed by atoms with Gasteiger partial charge in [0, 0.05) is 18.6 Å². The number of rotatable bonds is 2. The SMILES string of the molecule is N#Cc1ncccc1Oc1ncc(Br)cn1. The van der Waals surface area contributed by atoms with Gasteiger partial charge in [0.1, 0.15) is 6.07 Å². The van der Waals surface area contributed by atoms with Gasteiger partial charge in [-0.15, -0.1) is 0 Å². The molecule has 2 heterocycles. The molecule has 0 atom stereocenters. The number of nitriles is 1. The molecule has 78 valence electrons. The predicted molar refractivity (Wildman–Crippen MR) is 58.8 cm³/mol. The molecule has 0 aliphatic heterocycles. The minimum Gasteiger partial charge on any atom is -0.421 e. The fourth-order valence-corrected chi connectivity index (χ4v) is 1.21. The molecule has 0 bridgehead atoms. The van der Waals surface area contributed by atoms with Crippen LogP contribution in [0, 0.1) is 11.3 Å². The molecule has 0 saturated carbocycles. The third-order valence-electron chi connectivity index (χ3n) is 1.67. The van der Waals surface area contributed by atoms with Crippen LogP contribution in [-0.4, -0.2) is 15.0 Å². The van der Waals surface area contributed by atoms with Crippen LogP contribution in [0.3, 0.4) is 0 Å². The first-order chi connectivity index (χ1) is 7.79. The maximum absolute atomic E-state index is 8.80. The lowest BCUT2D eigenvalue weighted by Crippen LogP contribution is -1.94. The Bertz CT molecular complexity index is 535. The lowest BCUT2D eigenvalue weighted by Gasteiger charge is -2.03. The van der Waals surface area contributed by atoms with Crippen molar-refractivity contribution in [2.45, 2.75) is 0 Å². The Labute approximate surface area is 99.9 Å². The monoisotopic (exact) mass is 276 g/mol. The molecule has 0 aliphatic carbocycles. The number of ether oxygens (including phenoxy) is 1. The van der Waals surface area contributed by atoms with E-state index in [0.29, 0.717) is 5.75 Å².